The maximum absolute atomic E-state index is 12.5. The third-order valence-electron chi connectivity index (χ3n) is 10.0. The van der Waals surface area contributed by atoms with Crippen LogP contribution < -0.4 is 0 Å². The molecular weight excluding hydrogens is 711 g/mol. The number of carbonyl (C=O) groups is 2. The smallest absolute Gasteiger partial charge is 0.462 e. The standard InChI is InChI=1S/C46H87O8P/c1-4-7-9-11-13-15-17-19-21-22-23-24-25-26-27-29-30-32-34-36-38-40-45(47)51-42-44(43-53-55(49,50)52-6-3)54-46(48)41-39-37-35-33-31-28-20-18-16-14-12-10-8-5-2/h12,14,18,20,44H,4-11,13,15-17,19,21-43H2,1-3H3,(H,49,50)/b14-12-,20-18-. The zero-order valence-electron chi connectivity index (χ0n) is 36.1. The van der Waals surface area contributed by atoms with Gasteiger partial charge in [0.15, 0.2) is 6.10 Å². The minimum Gasteiger partial charge on any atom is -0.462 e. The van der Waals surface area contributed by atoms with Gasteiger partial charge in [-0.05, 0) is 45.4 Å². The van der Waals surface area contributed by atoms with Crippen LogP contribution in [0.1, 0.15) is 233 Å². The molecular formula is C46H87O8P. The molecule has 0 rings (SSSR count). The fraction of sp³-hybridized carbons (Fsp3) is 0.870. The molecule has 0 fully saturated rings. The molecule has 0 saturated heterocycles. The van der Waals surface area contributed by atoms with Crippen LogP contribution in [0.15, 0.2) is 24.3 Å². The summed E-state index contributed by atoms with van der Waals surface area (Å²) < 4.78 is 32.7. The summed E-state index contributed by atoms with van der Waals surface area (Å²) in [6.45, 7) is 5.45. The van der Waals surface area contributed by atoms with E-state index in [1.807, 2.05) is 0 Å². The Balaban J connectivity index is 3.98. The number of unbranched alkanes of at least 4 members (excludes halogenated alkanes) is 27. The lowest BCUT2D eigenvalue weighted by Gasteiger charge is -2.19. The van der Waals surface area contributed by atoms with Gasteiger partial charge in [-0.1, -0.05) is 199 Å². The fourth-order valence-electron chi connectivity index (χ4n) is 6.59. The van der Waals surface area contributed by atoms with Gasteiger partial charge in [-0.15, -0.1) is 0 Å². The van der Waals surface area contributed by atoms with E-state index in [0.717, 1.165) is 64.2 Å². The van der Waals surface area contributed by atoms with E-state index in [1.165, 1.54) is 128 Å². The van der Waals surface area contributed by atoms with Gasteiger partial charge in [-0.3, -0.25) is 18.6 Å². The molecule has 9 heteroatoms. The molecule has 0 radical (unpaired) electrons. The molecule has 0 saturated carbocycles. The fourth-order valence-corrected chi connectivity index (χ4v) is 7.34. The number of hydrogen-bond acceptors (Lipinski definition) is 7. The number of esters is 2. The normalized spacial score (nSPS) is 13.5. The van der Waals surface area contributed by atoms with Crippen molar-refractivity contribution >= 4 is 19.8 Å². The van der Waals surface area contributed by atoms with Crippen LogP contribution >= 0.6 is 7.82 Å². The number of rotatable bonds is 43. The first-order valence-electron chi connectivity index (χ1n) is 23.1. The highest BCUT2D eigenvalue weighted by atomic mass is 31.2. The van der Waals surface area contributed by atoms with E-state index in [1.54, 1.807) is 6.92 Å². The molecule has 8 nitrogen and oxygen atoms in total. The molecule has 0 aliphatic rings. The van der Waals surface area contributed by atoms with Crippen LogP contribution in [0.3, 0.4) is 0 Å². The molecule has 0 heterocycles. The SMILES string of the molecule is CCCC/C=C\C/C=C\CCCCCCCC(=O)OC(COC(=O)CCCCCCCCCCCCCCCCCCCCCCC)COP(=O)(O)OCC. The number of hydrogen-bond donors (Lipinski definition) is 1. The number of carbonyl (C=O) groups excluding carboxylic acids is 2. The third kappa shape index (κ3) is 42.0. The summed E-state index contributed by atoms with van der Waals surface area (Å²) in [7, 11) is -4.28. The quantitative estimate of drug-likeness (QED) is 0.0281. The second kappa shape index (κ2) is 42.1. The molecule has 0 aliphatic carbocycles. The molecule has 1 N–H and O–H groups in total. The summed E-state index contributed by atoms with van der Waals surface area (Å²) in [6, 6.07) is 0. The van der Waals surface area contributed by atoms with Crippen LogP contribution in [0.2, 0.25) is 0 Å². The minimum absolute atomic E-state index is 0.000514. The lowest BCUT2D eigenvalue weighted by molar-refractivity contribution is -0.161. The minimum atomic E-state index is -4.28. The molecule has 0 bridgehead atoms. The van der Waals surface area contributed by atoms with Gasteiger partial charge in [-0.25, -0.2) is 4.57 Å². The van der Waals surface area contributed by atoms with Gasteiger partial charge in [0.05, 0.1) is 13.2 Å². The molecule has 2 unspecified atom stereocenters. The topological polar surface area (TPSA) is 108 Å². The third-order valence-corrected chi connectivity index (χ3v) is 11.1. The van der Waals surface area contributed by atoms with Gasteiger partial charge in [-0.2, -0.15) is 0 Å². The zero-order valence-corrected chi connectivity index (χ0v) is 37.0. The van der Waals surface area contributed by atoms with Gasteiger partial charge in [0.1, 0.15) is 6.61 Å². The Hall–Kier alpha value is -1.47. The van der Waals surface area contributed by atoms with Crippen molar-refractivity contribution in [1.82, 2.24) is 0 Å². The maximum Gasteiger partial charge on any atom is 0.472 e. The van der Waals surface area contributed by atoms with Gasteiger partial charge >= 0.3 is 19.8 Å². The molecule has 0 amide bonds. The Kier molecular flexibility index (Phi) is 41.0. The van der Waals surface area contributed by atoms with Crippen molar-refractivity contribution in [3.8, 4) is 0 Å². The molecule has 55 heavy (non-hydrogen) atoms. The Morgan fingerprint density at radius 1 is 0.491 bits per heavy atom. The number of phosphoric acid groups is 1. The predicted molar refractivity (Wildman–Crippen MR) is 230 cm³/mol. The van der Waals surface area contributed by atoms with Crippen molar-refractivity contribution in [2.75, 3.05) is 19.8 Å². The molecule has 2 atom stereocenters. The van der Waals surface area contributed by atoms with Gasteiger partial charge in [0.2, 0.25) is 0 Å². The number of phosphoric ester groups is 1. The van der Waals surface area contributed by atoms with E-state index in [9.17, 15) is 19.0 Å². The van der Waals surface area contributed by atoms with E-state index >= 15 is 0 Å². The summed E-state index contributed by atoms with van der Waals surface area (Å²) in [5, 5.41) is 0. The van der Waals surface area contributed by atoms with Crippen LogP contribution in [-0.4, -0.2) is 42.8 Å². The average molecular weight is 799 g/mol. The molecule has 0 aromatic rings. The summed E-state index contributed by atoms with van der Waals surface area (Å²) in [4.78, 5) is 34.8. The van der Waals surface area contributed by atoms with E-state index in [-0.39, 0.29) is 25.6 Å². The summed E-state index contributed by atoms with van der Waals surface area (Å²) in [5.41, 5.74) is 0. The van der Waals surface area contributed by atoms with E-state index < -0.39 is 26.5 Å². The van der Waals surface area contributed by atoms with Crippen molar-refractivity contribution in [2.24, 2.45) is 0 Å². The molecule has 0 aromatic heterocycles. The molecule has 0 aliphatic heterocycles. The van der Waals surface area contributed by atoms with Gasteiger partial charge in [0.25, 0.3) is 0 Å². The van der Waals surface area contributed by atoms with Crippen LogP contribution in [0.5, 0.6) is 0 Å². The summed E-state index contributed by atoms with van der Waals surface area (Å²) in [6.07, 6.45) is 46.7. The first-order valence-corrected chi connectivity index (χ1v) is 24.6. The van der Waals surface area contributed by atoms with Crippen LogP contribution in [0.25, 0.3) is 0 Å². The highest BCUT2D eigenvalue weighted by Gasteiger charge is 2.25. The Morgan fingerprint density at radius 3 is 1.35 bits per heavy atom. The molecule has 0 spiro atoms. The van der Waals surface area contributed by atoms with Crippen molar-refractivity contribution in [1.29, 1.82) is 0 Å². The van der Waals surface area contributed by atoms with E-state index in [4.69, 9.17) is 18.5 Å². The van der Waals surface area contributed by atoms with E-state index in [0.29, 0.717) is 12.8 Å². The summed E-state index contributed by atoms with van der Waals surface area (Å²) >= 11 is 0. The monoisotopic (exact) mass is 799 g/mol. The Labute approximate surface area is 339 Å². The van der Waals surface area contributed by atoms with Crippen LogP contribution in [-0.2, 0) is 32.7 Å². The average Bonchev–Trinajstić information content (AvgIpc) is 3.16. The van der Waals surface area contributed by atoms with Crippen LogP contribution in [0, 0.1) is 0 Å². The van der Waals surface area contributed by atoms with E-state index in [2.05, 4.69) is 38.2 Å². The first-order chi connectivity index (χ1) is 26.8. The van der Waals surface area contributed by atoms with Crippen molar-refractivity contribution in [3.63, 3.8) is 0 Å². The lowest BCUT2D eigenvalue weighted by atomic mass is 10.0. The lowest BCUT2D eigenvalue weighted by Crippen LogP contribution is -2.29. The number of allylic oxidation sites excluding steroid dienone is 4. The second-order valence-corrected chi connectivity index (χ2v) is 16.9. The first kappa shape index (κ1) is 53.5. The zero-order chi connectivity index (χ0) is 40.3. The predicted octanol–water partition coefficient (Wildman–Crippen LogP) is 14.6. The highest BCUT2D eigenvalue weighted by Crippen LogP contribution is 2.43. The second-order valence-electron chi connectivity index (χ2n) is 15.4. The maximum atomic E-state index is 12.5. The van der Waals surface area contributed by atoms with Gasteiger partial charge < -0.3 is 14.4 Å². The van der Waals surface area contributed by atoms with Crippen molar-refractivity contribution in [3.05, 3.63) is 24.3 Å². The molecule has 324 valence electrons. The highest BCUT2D eigenvalue weighted by molar-refractivity contribution is 7.47. The van der Waals surface area contributed by atoms with Crippen molar-refractivity contribution < 1.29 is 37.6 Å². The van der Waals surface area contributed by atoms with Crippen molar-refractivity contribution in [2.45, 2.75) is 239 Å². The Bertz CT molecular complexity index is 952. The summed E-state index contributed by atoms with van der Waals surface area (Å²) in [5.74, 6) is -0.803. The van der Waals surface area contributed by atoms with Gasteiger partial charge in [0, 0.05) is 12.8 Å². The number of ether oxygens (including phenoxy) is 2. The largest absolute Gasteiger partial charge is 0.472 e. The Morgan fingerprint density at radius 2 is 0.891 bits per heavy atom. The molecule has 0 aromatic carbocycles. The van der Waals surface area contributed by atoms with Crippen LogP contribution in [0.4, 0.5) is 0 Å².